The molecule has 0 aliphatic heterocycles. The molecule has 1 aromatic carbocycles. The minimum Gasteiger partial charge on any atom is -0.497 e. The van der Waals surface area contributed by atoms with E-state index < -0.39 is 0 Å². The maximum Gasteiger partial charge on any atom is 0.276 e. The molecule has 0 atom stereocenters. The Balaban J connectivity index is 2.29. The average Bonchev–Trinajstić information content (AvgIpc) is 2.77. The fraction of sp³-hybridized carbons (Fsp3) is 0.286. The largest absolute Gasteiger partial charge is 0.497 e. The molecule has 1 heterocycles. The van der Waals surface area contributed by atoms with E-state index in [4.69, 9.17) is 9.47 Å². The van der Waals surface area contributed by atoms with Crippen LogP contribution in [-0.2, 0) is 7.05 Å². The summed E-state index contributed by atoms with van der Waals surface area (Å²) in [5, 5.41) is 6.92. The molecule has 2 aromatic rings. The zero-order chi connectivity index (χ0) is 14.7. The minimum absolute atomic E-state index is 0.283. The monoisotopic (exact) mass is 275 g/mol. The Labute approximate surface area is 117 Å². The summed E-state index contributed by atoms with van der Waals surface area (Å²) in [6.07, 6.45) is 1.79. The molecule has 106 valence electrons. The second kappa shape index (κ2) is 5.64. The molecule has 0 unspecified atom stereocenters. The first-order valence-corrected chi connectivity index (χ1v) is 6.08. The molecule has 2 rings (SSSR count). The molecule has 6 nitrogen and oxygen atoms in total. The van der Waals surface area contributed by atoms with Gasteiger partial charge in [0.05, 0.1) is 19.9 Å². The van der Waals surface area contributed by atoms with Crippen LogP contribution in [0.25, 0.3) is 0 Å². The maximum atomic E-state index is 12.2. The topological polar surface area (TPSA) is 65.4 Å². The van der Waals surface area contributed by atoms with Crippen LogP contribution in [0.3, 0.4) is 0 Å². The number of aryl methyl sites for hydroxylation is 2. The van der Waals surface area contributed by atoms with Gasteiger partial charge < -0.3 is 14.8 Å². The van der Waals surface area contributed by atoms with Gasteiger partial charge in [-0.3, -0.25) is 9.48 Å². The first-order chi connectivity index (χ1) is 9.55. The second-order valence-corrected chi connectivity index (χ2v) is 4.35. The highest BCUT2D eigenvalue weighted by Crippen LogP contribution is 2.29. The van der Waals surface area contributed by atoms with Gasteiger partial charge in [0, 0.05) is 24.9 Å². The number of anilines is 1. The zero-order valence-corrected chi connectivity index (χ0v) is 11.9. The van der Waals surface area contributed by atoms with Crippen LogP contribution in [0, 0.1) is 6.92 Å². The summed E-state index contributed by atoms with van der Waals surface area (Å²) in [6.45, 7) is 1.84. The van der Waals surface area contributed by atoms with Gasteiger partial charge >= 0.3 is 0 Å². The molecule has 0 spiro atoms. The highest BCUT2D eigenvalue weighted by molar-refractivity contribution is 6.04. The third-order valence-corrected chi connectivity index (χ3v) is 2.88. The van der Waals surface area contributed by atoms with Crippen LogP contribution in [0.4, 0.5) is 5.69 Å². The lowest BCUT2D eigenvalue weighted by atomic mass is 10.2. The molecular weight excluding hydrogens is 258 g/mol. The van der Waals surface area contributed by atoms with Gasteiger partial charge in [-0.2, -0.15) is 5.10 Å². The van der Waals surface area contributed by atoms with Crippen LogP contribution in [0.1, 0.15) is 16.1 Å². The molecular formula is C14H17N3O3. The van der Waals surface area contributed by atoms with E-state index in [0.717, 1.165) is 5.56 Å². The summed E-state index contributed by atoms with van der Waals surface area (Å²) < 4.78 is 12.0. The Morgan fingerprint density at radius 2 is 2.05 bits per heavy atom. The number of benzene rings is 1. The van der Waals surface area contributed by atoms with Crippen molar-refractivity contribution in [3.05, 3.63) is 35.7 Å². The number of carbonyl (C=O) groups is 1. The van der Waals surface area contributed by atoms with E-state index >= 15 is 0 Å². The Kier molecular flexibility index (Phi) is 3.93. The fourth-order valence-electron chi connectivity index (χ4n) is 1.92. The Morgan fingerprint density at radius 3 is 2.60 bits per heavy atom. The molecule has 1 N–H and O–H groups in total. The van der Waals surface area contributed by atoms with Crippen LogP contribution in [-0.4, -0.2) is 29.9 Å². The van der Waals surface area contributed by atoms with Crippen LogP contribution in [0.5, 0.6) is 11.5 Å². The number of carbonyl (C=O) groups excluding carboxylic acids is 1. The first-order valence-electron chi connectivity index (χ1n) is 6.08. The molecule has 20 heavy (non-hydrogen) atoms. The summed E-state index contributed by atoms with van der Waals surface area (Å²) in [7, 11) is 4.88. The molecule has 1 aromatic heterocycles. The summed E-state index contributed by atoms with van der Waals surface area (Å²) in [4.78, 5) is 12.2. The average molecular weight is 275 g/mol. The van der Waals surface area contributed by atoms with Crippen molar-refractivity contribution in [2.24, 2.45) is 7.05 Å². The third kappa shape index (κ3) is 2.74. The fourth-order valence-corrected chi connectivity index (χ4v) is 1.92. The maximum absolute atomic E-state index is 12.2. The van der Waals surface area contributed by atoms with Crippen molar-refractivity contribution in [3.63, 3.8) is 0 Å². The van der Waals surface area contributed by atoms with Crippen molar-refractivity contribution < 1.29 is 14.3 Å². The number of aromatic nitrogens is 2. The standard InChI is InChI=1S/C14H17N3O3/c1-9-8-17(2)16-13(9)14(18)15-11-7-10(19-3)5-6-12(11)20-4/h5-8H,1-4H3,(H,15,18). The predicted octanol–water partition coefficient (Wildman–Crippen LogP) is 2.00. The first kappa shape index (κ1) is 13.9. The number of rotatable bonds is 4. The Morgan fingerprint density at radius 1 is 1.30 bits per heavy atom. The van der Waals surface area contributed by atoms with Crippen molar-refractivity contribution in [2.45, 2.75) is 6.92 Å². The van der Waals surface area contributed by atoms with Gasteiger partial charge in [-0.05, 0) is 19.1 Å². The lowest BCUT2D eigenvalue weighted by molar-refractivity contribution is 0.102. The van der Waals surface area contributed by atoms with Gasteiger partial charge in [-0.15, -0.1) is 0 Å². The van der Waals surface area contributed by atoms with E-state index in [1.807, 2.05) is 6.92 Å². The predicted molar refractivity (Wildman–Crippen MR) is 75.4 cm³/mol. The van der Waals surface area contributed by atoms with E-state index in [9.17, 15) is 4.79 Å². The van der Waals surface area contributed by atoms with Gasteiger partial charge in [-0.25, -0.2) is 0 Å². The van der Waals surface area contributed by atoms with Crippen molar-refractivity contribution in [3.8, 4) is 11.5 Å². The molecule has 0 radical (unpaired) electrons. The van der Waals surface area contributed by atoms with E-state index in [1.165, 1.54) is 0 Å². The van der Waals surface area contributed by atoms with Gasteiger partial charge in [-0.1, -0.05) is 0 Å². The van der Waals surface area contributed by atoms with Crippen LogP contribution in [0.15, 0.2) is 24.4 Å². The lowest BCUT2D eigenvalue weighted by Gasteiger charge is -2.11. The molecule has 0 bridgehead atoms. The van der Waals surface area contributed by atoms with Crippen molar-refractivity contribution in [1.29, 1.82) is 0 Å². The van der Waals surface area contributed by atoms with Crippen LogP contribution >= 0.6 is 0 Å². The Bertz CT molecular complexity index is 635. The molecule has 0 aliphatic rings. The SMILES string of the molecule is COc1ccc(OC)c(NC(=O)c2nn(C)cc2C)c1. The second-order valence-electron chi connectivity index (χ2n) is 4.35. The van der Waals surface area contributed by atoms with Gasteiger partial charge in [0.1, 0.15) is 11.5 Å². The van der Waals surface area contributed by atoms with E-state index in [-0.39, 0.29) is 5.91 Å². The molecule has 1 amide bonds. The molecule has 6 heteroatoms. The smallest absolute Gasteiger partial charge is 0.276 e. The van der Waals surface area contributed by atoms with Crippen LogP contribution < -0.4 is 14.8 Å². The highest BCUT2D eigenvalue weighted by atomic mass is 16.5. The molecule has 0 saturated carbocycles. The number of nitrogens with zero attached hydrogens (tertiary/aromatic N) is 2. The van der Waals surface area contributed by atoms with Crippen molar-refractivity contribution in [2.75, 3.05) is 19.5 Å². The van der Waals surface area contributed by atoms with Crippen LogP contribution in [0.2, 0.25) is 0 Å². The third-order valence-electron chi connectivity index (χ3n) is 2.88. The van der Waals surface area contributed by atoms with Crippen molar-refractivity contribution >= 4 is 11.6 Å². The number of hydrogen-bond donors (Lipinski definition) is 1. The van der Waals surface area contributed by atoms with Crippen molar-refractivity contribution in [1.82, 2.24) is 9.78 Å². The highest BCUT2D eigenvalue weighted by Gasteiger charge is 2.15. The minimum atomic E-state index is -0.283. The number of ether oxygens (including phenoxy) is 2. The molecule has 0 saturated heterocycles. The quantitative estimate of drug-likeness (QED) is 0.926. The van der Waals surface area contributed by atoms with E-state index in [2.05, 4.69) is 10.4 Å². The van der Waals surface area contributed by atoms with E-state index in [0.29, 0.717) is 22.9 Å². The number of nitrogens with one attached hydrogen (secondary N) is 1. The summed E-state index contributed by atoms with van der Waals surface area (Å²) in [5.41, 5.74) is 1.74. The van der Waals surface area contributed by atoms with Gasteiger partial charge in [0.25, 0.3) is 5.91 Å². The van der Waals surface area contributed by atoms with Gasteiger partial charge in [0.15, 0.2) is 5.69 Å². The molecule has 0 fully saturated rings. The lowest BCUT2D eigenvalue weighted by Crippen LogP contribution is -2.14. The Hall–Kier alpha value is -2.50. The normalized spacial score (nSPS) is 10.2. The summed E-state index contributed by atoms with van der Waals surface area (Å²) in [6, 6.07) is 5.20. The zero-order valence-electron chi connectivity index (χ0n) is 11.9. The number of hydrogen-bond acceptors (Lipinski definition) is 4. The van der Waals surface area contributed by atoms with E-state index in [1.54, 1.807) is 50.3 Å². The van der Waals surface area contributed by atoms with Gasteiger partial charge in [0.2, 0.25) is 0 Å². The summed E-state index contributed by atoms with van der Waals surface area (Å²) >= 11 is 0. The number of amides is 1. The number of methoxy groups -OCH3 is 2. The molecule has 0 aliphatic carbocycles. The summed E-state index contributed by atoms with van der Waals surface area (Å²) in [5.74, 6) is 0.918.